The van der Waals surface area contributed by atoms with Crippen LogP contribution in [0, 0.1) is 7.05 Å². The first-order valence-electron chi connectivity index (χ1n) is 1.74. The van der Waals surface area contributed by atoms with E-state index < -0.39 is 0 Å². The maximum absolute atomic E-state index is 5.40. The molecule has 0 bridgehead atoms. The topological polar surface area (TPSA) is 17.8 Å². The van der Waals surface area contributed by atoms with Gasteiger partial charge in [0.1, 0.15) is 7.05 Å². The van der Waals surface area contributed by atoms with Crippen molar-refractivity contribution in [2.24, 2.45) is 0 Å². The minimum Gasteiger partial charge on any atom is -0.264 e. The normalized spacial score (nSPS) is 9.43. The van der Waals surface area contributed by atoms with E-state index in [4.69, 9.17) is 18.6 Å². The summed E-state index contributed by atoms with van der Waals surface area (Å²) in [6.45, 7) is 0. The molecule has 1 aromatic rings. The second-order valence-electron chi connectivity index (χ2n) is 1.14. The van der Waals surface area contributed by atoms with E-state index in [-0.39, 0.29) is 0 Å². The Morgan fingerprint density at radius 1 is 1.86 bits per heavy atom. The van der Waals surface area contributed by atoms with E-state index in [1.165, 1.54) is 12.4 Å². The van der Waals surface area contributed by atoms with Crippen molar-refractivity contribution < 1.29 is 0 Å². The molecule has 36 valence electrons. The summed E-state index contributed by atoms with van der Waals surface area (Å²) in [5.41, 5.74) is 0. The smallest absolute Gasteiger partial charge is 0.101 e. The fourth-order valence-electron chi connectivity index (χ4n) is 0.315. The minimum atomic E-state index is 0.558. The zero-order chi connectivity index (χ0) is 5.28. The molecule has 1 heterocycles. The Kier molecular flexibility index (Phi) is 1.02. The van der Waals surface area contributed by atoms with Crippen LogP contribution in [-0.4, -0.2) is 9.78 Å². The Bertz CT molecular complexity index is 142. The molecule has 0 saturated heterocycles. The molecule has 0 saturated carbocycles. The summed E-state index contributed by atoms with van der Waals surface area (Å²) in [5, 5.41) is 4.14. The van der Waals surface area contributed by atoms with E-state index >= 15 is 0 Å². The average molecular weight is 115 g/mol. The number of halogens is 1. The molecule has 2 nitrogen and oxygen atoms in total. The van der Waals surface area contributed by atoms with Crippen molar-refractivity contribution in [3.63, 3.8) is 0 Å². The van der Waals surface area contributed by atoms with Crippen molar-refractivity contribution >= 4 is 11.6 Å². The number of aromatic nitrogens is 2. The van der Waals surface area contributed by atoms with Crippen molar-refractivity contribution in [2.45, 2.75) is 0 Å². The summed E-state index contributed by atoms with van der Waals surface area (Å²) in [5.74, 6) is 0. The third kappa shape index (κ3) is 0.933. The van der Waals surface area contributed by atoms with E-state index in [1.807, 2.05) is 0 Å². The fourth-order valence-corrected chi connectivity index (χ4v) is 0.458. The van der Waals surface area contributed by atoms with Gasteiger partial charge < -0.3 is 0 Å². The lowest BCUT2D eigenvalue weighted by atomic mass is 10.7. The quantitative estimate of drug-likeness (QED) is 0.493. The molecule has 0 aliphatic rings. The van der Waals surface area contributed by atoms with E-state index in [0.29, 0.717) is 5.02 Å². The van der Waals surface area contributed by atoms with Gasteiger partial charge in [0.2, 0.25) is 0 Å². The first kappa shape index (κ1) is 4.65. The molecule has 0 aliphatic carbocycles. The van der Waals surface area contributed by atoms with Gasteiger partial charge in [0.15, 0.2) is 0 Å². The Balaban J connectivity index is 3.04. The highest BCUT2D eigenvalue weighted by Gasteiger charge is 1.85. The first-order valence-corrected chi connectivity index (χ1v) is 2.12. The predicted octanol–water partition coefficient (Wildman–Crippen LogP) is 1.05. The highest BCUT2D eigenvalue weighted by Crippen LogP contribution is 2.02. The van der Waals surface area contributed by atoms with Gasteiger partial charge in [-0.15, -0.1) is 0 Å². The molecular weight excluding hydrogens is 112 g/mol. The van der Waals surface area contributed by atoms with Crippen LogP contribution < -0.4 is 0 Å². The lowest BCUT2D eigenvalue weighted by Crippen LogP contribution is -1.80. The van der Waals surface area contributed by atoms with Crippen LogP contribution in [0.5, 0.6) is 0 Å². The van der Waals surface area contributed by atoms with Crippen LogP contribution in [0.25, 0.3) is 0 Å². The van der Waals surface area contributed by atoms with Crippen LogP contribution in [-0.2, 0) is 0 Å². The van der Waals surface area contributed by atoms with E-state index in [0.717, 1.165) is 4.68 Å². The Hall–Kier alpha value is -0.500. The third-order valence-corrected chi connectivity index (χ3v) is 0.765. The molecule has 7 heavy (non-hydrogen) atoms. The van der Waals surface area contributed by atoms with Gasteiger partial charge in [0, 0.05) is 6.20 Å². The largest absolute Gasteiger partial charge is 0.264 e. The van der Waals surface area contributed by atoms with Crippen LogP contribution in [0.3, 0.4) is 0 Å². The summed E-state index contributed by atoms with van der Waals surface area (Å²) < 4.78 is 1.16. The van der Waals surface area contributed by atoms with Crippen LogP contribution >= 0.6 is 11.6 Å². The molecule has 0 fully saturated rings. The number of rotatable bonds is 0. The highest BCUT2D eigenvalue weighted by molar-refractivity contribution is 6.30. The minimum absolute atomic E-state index is 0.558. The van der Waals surface area contributed by atoms with Gasteiger partial charge in [-0.1, -0.05) is 11.6 Å². The van der Waals surface area contributed by atoms with Crippen molar-refractivity contribution in [1.82, 2.24) is 9.78 Å². The summed E-state index contributed by atoms with van der Waals surface area (Å²) in [4.78, 5) is 0. The fraction of sp³-hybridized carbons (Fsp3) is 0. The molecule has 0 unspecified atom stereocenters. The second kappa shape index (κ2) is 1.54. The molecule has 0 atom stereocenters. The molecule has 3 heteroatoms. The molecule has 0 spiro atoms. The zero-order valence-corrected chi connectivity index (χ0v) is 4.26. The maximum atomic E-state index is 5.40. The lowest BCUT2D eigenvalue weighted by molar-refractivity contribution is 0.877. The standard InChI is InChI=1S/C4H3ClN2/c1-7-3-4(5)2-6-7/h1-3H. The molecule has 0 amide bonds. The lowest BCUT2D eigenvalue weighted by Gasteiger charge is -1.76. The van der Waals surface area contributed by atoms with Gasteiger partial charge in [-0.05, 0) is 0 Å². The van der Waals surface area contributed by atoms with Crippen LogP contribution in [0.15, 0.2) is 12.4 Å². The molecular formula is C4H3ClN2. The molecule has 0 aromatic carbocycles. The van der Waals surface area contributed by atoms with Gasteiger partial charge in [0.05, 0.1) is 11.2 Å². The predicted molar refractivity (Wildman–Crippen MR) is 26.9 cm³/mol. The van der Waals surface area contributed by atoms with Gasteiger partial charge in [-0.3, -0.25) is 4.68 Å². The van der Waals surface area contributed by atoms with Crippen molar-refractivity contribution in [1.29, 1.82) is 0 Å². The van der Waals surface area contributed by atoms with Crippen molar-refractivity contribution in [2.75, 3.05) is 0 Å². The monoisotopic (exact) mass is 114 g/mol. The number of hydrogen-bond donors (Lipinski definition) is 0. The molecule has 2 radical (unpaired) electrons. The van der Waals surface area contributed by atoms with Crippen LogP contribution in [0.1, 0.15) is 0 Å². The van der Waals surface area contributed by atoms with Gasteiger partial charge in [0.25, 0.3) is 0 Å². The highest BCUT2D eigenvalue weighted by atomic mass is 35.5. The van der Waals surface area contributed by atoms with Gasteiger partial charge >= 0.3 is 0 Å². The van der Waals surface area contributed by atoms with E-state index in [9.17, 15) is 0 Å². The van der Waals surface area contributed by atoms with Crippen molar-refractivity contribution in [3.05, 3.63) is 24.5 Å². The molecule has 1 rings (SSSR count). The molecule has 0 N–H and O–H groups in total. The van der Waals surface area contributed by atoms with E-state index in [1.54, 1.807) is 0 Å². The summed E-state index contributed by atoms with van der Waals surface area (Å²) in [6, 6.07) is 0. The van der Waals surface area contributed by atoms with Crippen LogP contribution in [0.2, 0.25) is 5.02 Å². The molecule has 1 aromatic heterocycles. The maximum Gasteiger partial charge on any atom is 0.101 e. The average Bonchev–Trinajstić information content (AvgIpc) is 1.87. The summed E-state index contributed by atoms with van der Waals surface area (Å²) in [7, 11) is 5.10. The van der Waals surface area contributed by atoms with Crippen molar-refractivity contribution in [3.8, 4) is 0 Å². The summed E-state index contributed by atoms with van der Waals surface area (Å²) >= 11 is 5.40. The third-order valence-electron chi connectivity index (χ3n) is 0.570. The SMILES string of the molecule is [CH]n1cc(Cl)cn1. The van der Waals surface area contributed by atoms with E-state index in [2.05, 4.69) is 5.10 Å². The van der Waals surface area contributed by atoms with Gasteiger partial charge in [-0.25, -0.2) is 0 Å². The van der Waals surface area contributed by atoms with Gasteiger partial charge in [-0.2, -0.15) is 5.10 Å². The second-order valence-corrected chi connectivity index (χ2v) is 1.58. The number of hydrogen-bond acceptors (Lipinski definition) is 1. The number of nitrogens with zero attached hydrogens (tertiary/aromatic N) is 2. The Morgan fingerprint density at radius 3 is 2.71 bits per heavy atom. The van der Waals surface area contributed by atoms with Crippen LogP contribution in [0.4, 0.5) is 0 Å². The zero-order valence-electron chi connectivity index (χ0n) is 3.50. The molecule has 0 aliphatic heterocycles. The Labute approximate surface area is 46.7 Å². The Morgan fingerprint density at radius 2 is 2.57 bits per heavy atom. The summed E-state index contributed by atoms with van der Waals surface area (Å²) in [6.07, 6.45) is 2.99. The first-order chi connectivity index (χ1) is 3.29.